The molecule has 0 fully saturated rings. The summed E-state index contributed by atoms with van der Waals surface area (Å²) in [5.74, 6) is 0. The molecule has 1 aromatic heterocycles. The third kappa shape index (κ3) is 1.55. The van der Waals surface area contributed by atoms with E-state index < -0.39 is 0 Å². The number of thiophene rings is 1. The molecule has 0 amide bonds. The molecule has 62 valence electrons. The van der Waals surface area contributed by atoms with Crippen LogP contribution in [0.15, 0.2) is 26.5 Å². The molecule has 0 unspecified atom stereocenters. The van der Waals surface area contributed by atoms with Crippen LogP contribution in [0.2, 0.25) is 5.02 Å². The second-order valence-corrected chi connectivity index (χ2v) is 6.08. The van der Waals surface area contributed by atoms with Crippen LogP contribution in [0.1, 0.15) is 0 Å². The van der Waals surface area contributed by atoms with Gasteiger partial charge in [0.05, 0.1) is 3.79 Å². The molecule has 0 spiro atoms. The highest BCUT2D eigenvalue weighted by Crippen LogP contribution is 2.36. The molecule has 0 bridgehead atoms. The van der Waals surface area contributed by atoms with Crippen molar-refractivity contribution in [2.45, 2.75) is 0 Å². The van der Waals surface area contributed by atoms with Gasteiger partial charge in [-0.1, -0.05) is 11.6 Å². The van der Waals surface area contributed by atoms with E-state index >= 15 is 0 Å². The SMILES string of the molecule is Clc1cc(Br)c2sc(Br)cc2c1. The van der Waals surface area contributed by atoms with E-state index in [-0.39, 0.29) is 0 Å². The molecular formula is C8H3Br2ClS. The van der Waals surface area contributed by atoms with Crippen LogP contribution in [-0.2, 0) is 0 Å². The molecule has 0 saturated heterocycles. The molecule has 0 nitrogen and oxygen atoms in total. The van der Waals surface area contributed by atoms with E-state index in [1.165, 1.54) is 10.1 Å². The molecule has 2 rings (SSSR count). The zero-order chi connectivity index (χ0) is 8.72. The van der Waals surface area contributed by atoms with Crippen molar-refractivity contribution in [3.63, 3.8) is 0 Å². The van der Waals surface area contributed by atoms with Crippen molar-refractivity contribution in [3.8, 4) is 0 Å². The second-order valence-electron chi connectivity index (χ2n) is 2.36. The minimum Gasteiger partial charge on any atom is -0.127 e. The maximum Gasteiger partial charge on any atom is 0.0711 e. The smallest absolute Gasteiger partial charge is 0.0711 e. The van der Waals surface area contributed by atoms with Gasteiger partial charge in [-0.25, -0.2) is 0 Å². The molecule has 0 radical (unpaired) electrons. The summed E-state index contributed by atoms with van der Waals surface area (Å²) in [6.07, 6.45) is 0. The van der Waals surface area contributed by atoms with Gasteiger partial charge < -0.3 is 0 Å². The Morgan fingerprint density at radius 1 is 1.17 bits per heavy atom. The van der Waals surface area contributed by atoms with Gasteiger partial charge in [-0.15, -0.1) is 11.3 Å². The van der Waals surface area contributed by atoms with Gasteiger partial charge in [-0.05, 0) is 55.4 Å². The molecular weight excluding hydrogens is 323 g/mol. The summed E-state index contributed by atoms with van der Waals surface area (Å²) in [4.78, 5) is 0. The highest BCUT2D eigenvalue weighted by Gasteiger charge is 2.04. The van der Waals surface area contributed by atoms with Crippen molar-refractivity contribution in [1.82, 2.24) is 0 Å². The Morgan fingerprint density at radius 2 is 1.92 bits per heavy atom. The van der Waals surface area contributed by atoms with Crippen molar-refractivity contribution < 1.29 is 0 Å². The number of rotatable bonds is 0. The highest BCUT2D eigenvalue weighted by molar-refractivity contribution is 9.11. The van der Waals surface area contributed by atoms with Crippen molar-refractivity contribution in [2.24, 2.45) is 0 Å². The van der Waals surface area contributed by atoms with E-state index in [9.17, 15) is 0 Å². The maximum absolute atomic E-state index is 5.89. The van der Waals surface area contributed by atoms with E-state index in [0.29, 0.717) is 0 Å². The van der Waals surface area contributed by atoms with Crippen LogP contribution in [-0.4, -0.2) is 0 Å². The first kappa shape index (κ1) is 9.00. The van der Waals surface area contributed by atoms with Crippen LogP contribution in [0.3, 0.4) is 0 Å². The zero-order valence-electron chi connectivity index (χ0n) is 5.77. The first-order chi connectivity index (χ1) is 5.66. The number of benzene rings is 1. The Morgan fingerprint density at radius 3 is 2.67 bits per heavy atom. The van der Waals surface area contributed by atoms with E-state index in [4.69, 9.17) is 11.6 Å². The lowest BCUT2D eigenvalue weighted by Gasteiger charge is -1.93. The van der Waals surface area contributed by atoms with E-state index in [1.807, 2.05) is 12.1 Å². The molecule has 2 aromatic rings. The number of fused-ring (bicyclic) bond motifs is 1. The molecule has 1 aromatic carbocycles. The third-order valence-corrected chi connectivity index (χ3v) is 4.30. The molecule has 0 aliphatic carbocycles. The number of hydrogen-bond acceptors (Lipinski definition) is 1. The van der Waals surface area contributed by atoms with Gasteiger partial charge >= 0.3 is 0 Å². The minimum atomic E-state index is 0.764. The summed E-state index contributed by atoms with van der Waals surface area (Å²) in [6, 6.07) is 5.94. The summed E-state index contributed by atoms with van der Waals surface area (Å²) in [6.45, 7) is 0. The van der Waals surface area contributed by atoms with Gasteiger partial charge in [0.1, 0.15) is 0 Å². The van der Waals surface area contributed by atoms with Gasteiger partial charge in [-0.2, -0.15) is 0 Å². The van der Waals surface area contributed by atoms with Crippen molar-refractivity contribution in [3.05, 3.63) is 31.5 Å². The molecule has 0 aliphatic heterocycles. The Balaban J connectivity index is 2.88. The largest absolute Gasteiger partial charge is 0.127 e. The molecule has 0 saturated carbocycles. The van der Waals surface area contributed by atoms with Gasteiger partial charge in [0.2, 0.25) is 0 Å². The fraction of sp³-hybridized carbons (Fsp3) is 0. The Hall–Kier alpha value is 0.430. The summed E-state index contributed by atoms with van der Waals surface area (Å²) >= 11 is 14.5. The summed E-state index contributed by atoms with van der Waals surface area (Å²) < 4.78 is 3.41. The van der Waals surface area contributed by atoms with Crippen molar-refractivity contribution in [2.75, 3.05) is 0 Å². The van der Waals surface area contributed by atoms with Crippen LogP contribution in [0.5, 0.6) is 0 Å². The third-order valence-electron chi connectivity index (χ3n) is 1.51. The standard InChI is InChI=1S/C8H3Br2ClS/c9-6-3-5(11)1-4-2-7(10)12-8(4)6/h1-3H. The fourth-order valence-electron chi connectivity index (χ4n) is 1.04. The molecule has 1 heterocycles. The normalized spacial score (nSPS) is 10.9. The van der Waals surface area contributed by atoms with E-state index in [0.717, 1.165) is 13.3 Å². The van der Waals surface area contributed by atoms with Gasteiger partial charge in [-0.3, -0.25) is 0 Å². The predicted molar refractivity (Wildman–Crippen MR) is 62.2 cm³/mol. The van der Waals surface area contributed by atoms with Gasteiger partial charge in [0.25, 0.3) is 0 Å². The van der Waals surface area contributed by atoms with E-state index in [2.05, 4.69) is 37.9 Å². The molecule has 0 aliphatic rings. The molecule has 0 atom stereocenters. The average molecular weight is 326 g/mol. The zero-order valence-corrected chi connectivity index (χ0v) is 10.5. The summed E-state index contributed by atoms with van der Waals surface area (Å²) in [5.41, 5.74) is 0. The number of halogens is 3. The van der Waals surface area contributed by atoms with Crippen LogP contribution < -0.4 is 0 Å². The maximum atomic E-state index is 5.89. The Labute approximate surface area is 95.8 Å². The van der Waals surface area contributed by atoms with Gasteiger partial charge in [0, 0.05) is 14.2 Å². The minimum absolute atomic E-state index is 0.764. The fourth-order valence-corrected chi connectivity index (χ4v) is 3.63. The first-order valence-electron chi connectivity index (χ1n) is 3.21. The lowest BCUT2D eigenvalue weighted by atomic mass is 10.3. The van der Waals surface area contributed by atoms with Crippen molar-refractivity contribution in [1.29, 1.82) is 0 Å². The van der Waals surface area contributed by atoms with Crippen LogP contribution in [0.4, 0.5) is 0 Å². The monoisotopic (exact) mass is 324 g/mol. The first-order valence-corrected chi connectivity index (χ1v) is 5.99. The van der Waals surface area contributed by atoms with Gasteiger partial charge in [0.15, 0.2) is 0 Å². The van der Waals surface area contributed by atoms with E-state index in [1.54, 1.807) is 11.3 Å². The molecule has 4 heteroatoms. The molecule has 12 heavy (non-hydrogen) atoms. The topological polar surface area (TPSA) is 0 Å². The number of hydrogen-bond donors (Lipinski definition) is 0. The summed E-state index contributed by atoms with van der Waals surface area (Å²) in [7, 11) is 0. The second kappa shape index (κ2) is 3.29. The lowest BCUT2D eigenvalue weighted by Crippen LogP contribution is -1.66. The predicted octanol–water partition coefficient (Wildman–Crippen LogP) is 5.08. The average Bonchev–Trinajstić information content (AvgIpc) is 2.29. The summed E-state index contributed by atoms with van der Waals surface area (Å²) in [5, 5.41) is 1.94. The van der Waals surface area contributed by atoms with Crippen molar-refractivity contribution >= 4 is 64.9 Å². The lowest BCUT2D eigenvalue weighted by molar-refractivity contribution is 1.79. The molecule has 0 N–H and O–H groups in total. The quantitative estimate of drug-likeness (QED) is 0.633. The Bertz CT molecular complexity index is 436. The highest BCUT2D eigenvalue weighted by atomic mass is 79.9. The Kier molecular flexibility index (Phi) is 2.47. The van der Waals surface area contributed by atoms with Crippen LogP contribution >= 0.6 is 54.8 Å². The van der Waals surface area contributed by atoms with Crippen LogP contribution in [0, 0.1) is 0 Å². The van der Waals surface area contributed by atoms with Crippen LogP contribution in [0.25, 0.3) is 10.1 Å².